The third kappa shape index (κ3) is 3.00. The van der Waals surface area contributed by atoms with Gasteiger partial charge in [-0.3, -0.25) is 9.79 Å². The van der Waals surface area contributed by atoms with Gasteiger partial charge in [0.15, 0.2) is 0 Å². The molecular formula is C13H17N3O2. The highest BCUT2D eigenvalue weighted by Gasteiger charge is 2.10. The molecule has 5 nitrogen and oxygen atoms in total. The molecule has 1 unspecified atom stereocenters. The summed E-state index contributed by atoms with van der Waals surface area (Å²) in [5.74, 6) is 0.0523. The van der Waals surface area contributed by atoms with E-state index in [1.807, 2.05) is 24.3 Å². The van der Waals surface area contributed by atoms with E-state index in [-0.39, 0.29) is 0 Å². The molecule has 0 fully saturated rings. The molecule has 1 aliphatic heterocycles. The van der Waals surface area contributed by atoms with E-state index >= 15 is 0 Å². The quantitative estimate of drug-likeness (QED) is 0.750. The zero-order chi connectivity index (χ0) is 13.0. The lowest BCUT2D eigenvalue weighted by Crippen LogP contribution is -2.30. The number of rotatable bonds is 4. The Kier molecular flexibility index (Phi) is 3.82. The van der Waals surface area contributed by atoms with Crippen molar-refractivity contribution in [2.75, 3.05) is 18.4 Å². The summed E-state index contributed by atoms with van der Waals surface area (Å²) in [6.07, 6.45) is 1.07. The molecule has 0 bridgehead atoms. The molecule has 0 amide bonds. The number of carbonyl (C=O) groups is 1. The molecule has 18 heavy (non-hydrogen) atoms. The Morgan fingerprint density at radius 1 is 1.44 bits per heavy atom. The number of benzene rings is 1. The lowest BCUT2D eigenvalue weighted by Gasteiger charge is -2.15. The van der Waals surface area contributed by atoms with Crippen molar-refractivity contribution >= 4 is 17.5 Å². The van der Waals surface area contributed by atoms with Crippen LogP contribution in [-0.4, -0.2) is 36.0 Å². The maximum absolute atomic E-state index is 10.7. The van der Waals surface area contributed by atoms with Crippen LogP contribution < -0.4 is 10.6 Å². The molecule has 0 saturated heterocycles. The molecule has 0 aliphatic carbocycles. The topological polar surface area (TPSA) is 73.7 Å². The van der Waals surface area contributed by atoms with Crippen LogP contribution in [0.4, 0.5) is 5.69 Å². The minimum absolute atomic E-state index is 0.596. The highest BCUT2D eigenvalue weighted by molar-refractivity contribution is 5.99. The Morgan fingerprint density at radius 2 is 2.17 bits per heavy atom. The predicted octanol–water partition coefficient (Wildman–Crippen LogP) is 1.31. The summed E-state index contributed by atoms with van der Waals surface area (Å²) in [4.78, 5) is 15.1. The highest BCUT2D eigenvalue weighted by Crippen LogP contribution is 2.12. The number of aliphatic carboxylic acids is 1. The number of aliphatic imine (C=N–C) groups is 1. The second-order valence-corrected chi connectivity index (χ2v) is 4.29. The zero-order valence-electron chi connectivity index (χ0n) is 10.3. The molecular weight excluding hydrogens is 230 g/mol. The van der Waals surface area contributed by atoms with Gasteiger partial charge < -0.3 is 15.7 Å². The SMILES string of the molecule is CC(Nc1ccc(C2=NCCCN2)cc1)C(=O)O. The van der Waals surface area contributed by atoms with Gasteiger partial charge in [0.25, 0.3) is 0 Å². The first kappa shape index (κ1) is 12.4. The van der Waals surface area contributed by atoms with Crippen LogP contribution in [0, 0.1) is 0 Å². The van der Waals surface area contributed by atoms with Crippen molar-refractivity contribution in [3.63, 3.8) is 0 Å². The Hall–Kier alpha value is -2.04. The fourth-order valence-corrected chi connectivity index (χ4v) is 1.76. The average Bonchev–Trinajstić information content (AvgIpc) is 2.40. The van der Waals surface area contributed by atoms with E-state index in [0.29, 0.717) is 0 Å². The Bertz CT molecular complexity index is 454. The number of hydrogen-bond acceptors (Lipinski definition) is 4. The number of hydrogen-bond donors (Lipinski definition) is 3. The van der Waals surface area contributed by atoms with Crippen molar-refractivity contribution in [3.05, 3.63) is 29.8 Å². The zero-order valence-corrected chi connectivity index (χ0v) is 10.3. The molecule has 0 saturated carbocycles. The highest BCUT2D eigenvalue weighted by atomic mass is 16.4. The Morgan fingerprint density at radius 3 is 2.72 bits per heavy atom. The fraction of sp³-hybridized carbons (Fsp3) is 0.385. The smallest absolute Gasteiger partial charge is 0.325 e. The molecule has 96 valence electrons. The number of anilines is 1. The van der Waals surface area contributed by atoms with Gasteiger partial charge in [0.2, 0.25) is 0 Å². The minimum Gasteiger partial charge on any atom is -0.480 e. The van der Waals surface area contributed by atoms with Gasteiger partial charge in [-0.2, -0.15) is 0 Å². The molecule has 1 aromatic carbocycles. The van der Waals surface area contributed by atoms with E-state index in [1.54, 1.807) is 6.92 Å². The normalized spacial score (nSPS) is 16.4. The predicted molar refractivity (Wildman–Crippen MR) is 71.2 cm³/mol. The second kappa shape index (κ2) is 5.53. The van der Waals surface area contributed by atoms with Gasteiger partial charge in [-0.05, 0) is 37.6 Å². The van der Waals surface area contributed by atoms with Gasteiger partial charge in [0.05, 0.1) is 0 Å². The molecule has 1 aliphatic rings. The molecule has 2 rings (SSSR count). The average molecular weight is 247 g/mol. The van der Waals surface area contributed by atoms with Gasteiger partial charge >= 0.3 is 5.97 Å². The summed E-state index contributed by atoms with van der Waals surface area (Å²) < 4.78 is 0. The number of carboxylic acid groups (broad SMARTS) is 1. The molecule has 1 heterocycles. The van der Waals surface area contributed by atoms with Crippen molar-refractivity contribution in [1.82, 2.24) is 5.32 Å². The van der Waals surface area contributed by atoms with Crippen molar-refractivity contribution in [3.8, 4) is 0 Å². The van der Waals surface area contributed by atoms with Crippen LogP contribution in [0.3, 0.4) is 0 Å². The van der Waals surface area contributed by atoms with Crippen LogP contribution in [0.1, 0.15) is 18.9 Å². The van der Waals surface area contributed by atoms with Crippen LogP contribution in [0.2, 0.25) is 0 Å². The first-order valence-corrected chi connectivity index (χ1v) is 6.05. The van der Waals surface area contributed by atoms with E-state index in [4.69, 9.17) is 5.11 Å². The monoisotopic (exact) mass is 247 g/mol. The largest absolute Gasteiger partial charge is 0.480 e. The van der Waals surface area contributed by atoms with Crippen LogP contribution in [0.25, 0.3) is 0 Å². The fourth-order valence-electron chi connectivity index (χ4n) is 1.76. The van der Waals surface area contributed by atoms with E-state index in [9.17, 15) is 4.79 Å². The maximum Gasteiger partial charge on any atom is 0.325 e. The molecule has 5 heteroatoms. The summed E-state index contributed by atoms with van der Waals surface area (Å²) in [7, 11) is 0. The summed E-state index contributed by atoms with van der Waals surface area (Å²) in [5.41, 5.74) is 1.83. The van der Waals surface area contributed by atoms with Gasteiger partial charge in [-0.15, -0.1) is 0 Å². The number of amidine groups is 1. The first-order chi connectivity index (χ1) is 8.66. The van der Waals surface area contributed by atoms with E-state index in [1.165, 1.54) is 0 Å². The number of carboxylic acids is 1. The van der Waals surface area contributed by atoms with Crippen molar-refractivity contribution in [1.29, 1.82) is 0 Å². The van der Waals surface area contributed by atoms with Crippen LogP contribution in [0.15, 0.2) is 29.3 Å². The number of nitrogens with one attached hydrogen (secondary N) is 2. The van der Waals surface area contributed by atoms with Crippen LogP contribution >= 0.6 is 0 Å². The summed E-state index contributed by atoms with van der Waals surface area (Å²) in [6, 6.07) is 7.02. The maximum atomic E-state index is 10.7. The molecule has 3 N–H and O–H groups in total. The summed E-state index contributed by atoms with van der Waals surface area (Å²) >= 11 is 0. The van der Waals surface area contributed by atoms with Crippen LogP contribution in [-0.2, 0) is 4.79 Å². The van der Waals surface area contributed by atoms with Crippen LogP contribution in [0.5, 0.6) is 0 Å². The van der Waals surface area contributed by atoms with E-state index in [2.05, 4.69) is 15.6 Å². The molecule has 0 aromatic heterocycles. The molecule has 1 atom stereocenters. The van der Waals surface area contributed by atoms with Gasteiger partial charge in [0, 0.05) is 24.3 Å². The molecule has 1 aromatic rings. The molecule has 0 radical (unpaired) electrons. The third-order valence-corrected chi connectivity index (χ3v) is 2.81. The van der Waals surface area contributed by atoms with Gasteiger partial charge in [-0.1, -0.05) is 0 Å². The van der Waals surface area contributed by atoms with E-state index in [0.717, 1.165) is 36.6 Å². The Balaban J connectivity index is 2.05. The van der Waals surface area contributed by atoms with Gasteiger partial charge in [-0.25, -0.2) is 0 Å². The lowest BCUT2D eigenvalue weighted by molar-refractivity contribution is -0.137. The molecule has 0 spiro atoms. The minimum atomic E-state index is -0.864. The summed E-state index contributed by atoms with van der Waals surface area (Å²) in [5, 5.41) is 15.0. The first-order valence-electron chi connectivity index (χ1n) is 6.05. The standard InChI is InChI=1S/C13H17N3O2/c1-9(13(17)18)16-11-5-3-10(4-6-11)12-14-7-2-8-15-12/h3-6,9,16H,2,7-8H2,1H3,(H,14,15)(H,17,18). The van der Waals surface area contributed by atoms with E-state index < -0.39 is 12.0 Å². The lowest BCUT2D eigenvalue weighted by atomic mass is 10.1. The summed E-state index contributed by atoms with van der Waals surface area (Å²) in [6.45, 7) is 3.43. The Labute approximate surface area is 106 Å². The van der Waals surface area contributed by atoms with Gasteiger partial charge in [0.1, 0.15) is 11.9 Å². The second-order valence-electron chi connectivity index (χ2n) is 4.29. The van der Waals surface area contributed by atoms with Crippen molar-refractivity contribution < 1.29 is 9.90 Å². The number of nitrogens with zero attached hydrogens (tertiary/aromatic N) is 1. The van der Waals surface area contributed by atoms with Crippen molar-refractivity contribution in [2.24, 2.45) is 4.99 Å². The van der Waals surface area contributed by atoms with Crippen molar-refractivity contribution in [2.45, 2.75) is 19.4 Å². The third-order valence-electron chi connectivity index (χ3n) is 2.81.